The largest absolute Gasteiger partial charge is 0.448 e. The van der Waals surface area contributed by atoms with E-state index in [9.17, 15) is 27.6 Å². The molecule has 0 saturated carbocycles. The van der Waals surface area contributed by atoms with Crippen LogP contribution in [0.3, 0.4) is 0 Å². The van der Waals surface area contributed by atoms with Gasteiger partial charge in [0.2, 0.25) is 5.91 Å². The molecular formula is C20H23N3O7S. The lowest BCUT2D eigenvalue weighted by Gasteiger charge is -2.27. The van der Waals surface area contributed by atoms with Gasteiger partial charge in [0.05, 0.1) is 17.5 Å². The number of anilines is 1. The summed E-state index contributed by atoms with van der Waals surface area (Å²) in [5.74, 6) is -2.08. The highest BCUT2D eigenvalue weighted by molar-refractivity contribution is 7.91. The predicted molar refractivity (Wildman–Crippen MR) is 111 cm³/mol. The second-order valence-corrected chi connectivity index (χ2v) is 9.74. The van der Waals surface area contributed by atoms with Gasteiger partial charge in [-0.1, -0.05) is 0 Å². The molecular weight excluding hydrogens is 426 g/mol. The van der Waals surface area contributed by atoms with E-state index in [0.29, 0.717) is 11.3 Å². The number of hydrogen-bond donors (Lipinski definition) is 1. The van der Waals surface area contributed by atoms with Crippen molar-refractivity contribution in [2.75, 3.05) is 16.8 Å². The van der Waals surface area contributed by atoms with E-state index in [-0.39, 0.29) is 48.2 Å². The van der Waals surface area contributed by atoms with Crippen LogP contribution in [0, 0.1) is 0 Å². The summed E-state index contributed by atoms with van der Waals surface area (Å²) in [6, 6.07) is 5.67. The maximum Gasteiger partial charge on any atom is 0.355 e. The first-order valence-electron chi connectivity index (χ1n) is 9.78. The summed E-state index contributed by atoms with van der Waals surface area (Å²) in [6.07, 6.45) is -0.816. The van der Waals surface area contributed by atoms with Gasteiger partial charge in [-0.2, -0.15) is 5.10 Å². The Morgan fingerprint density at radius 3 is 2.45 bits per heavy atom. The number of nitrogens with one attached hydrogen (secondary N) is 1. The molecule has 2 heterocycles. The smallest absolute Gasteiger partial charge is 0.355 e. The number of nitrogens with zero attached hydrogens (tertiary/aromatic N) is 2. The monoisotopic (exact) mass is 449 g/mol. The molecule has 0 aromatic heterocycles. The van der Waals surface area contributed by atoms with Gasteiger partial charge in [-0.25, -0.2) is 18.2 Å². The van der Waals surface area contributed by atoms with Gasteiger partial charge in [-0.15, -0.1) is 0 Å². The summed E-state index contributed by atoms with van der Waals surface area (Å²) in [7, 11) is -3.22. The van der Waals surface area contributed by atoms with Crippen LogP contribution in [0.15, 0.2) is 29.4 Å². The zero-order chi connectivity index (χ0) is 22.8. The molecule has 2 atom stereocenters. The highest BCUT2D eigenvalue weighted by Crippen LogP contribution is 2.22. The minimum atomic E-state index is -3.22. The number of rotatable bonds is 6. The highest BCUT2D eigenvalue weighted by Gasteiger charge is 2.37. The zero-order valence-corrected chi connectivity index (χ0v) is 18.0. The van der Waals surface area contributed by atoms with E-state index >= 15 is 0 Å². The maximum atomic E-state index is 12.5. The van der Waals surface area contributed by atoms with Crippen LogP contribution in [-0.2, 0) is 29.0 Å². The van der Waals surface area contributed by atoms with Crippen LogP contribution in [0.5, 0.6) is 0 Å². The Kier molecular flexibility index (Phi) is 6.54. The third-order valence-corrected chi connectivity index (χ3v) is 6.81. The molecule has 2 aliphatic rings. The number of hydrazone groups is 1. The lowest BCUT2D eigenvalue weighted by atomic mass is 10.1. The molecule has 10 nitrogen and oxygen atoms in total. The molecule has 0 aliphatic carbocycles. The van der Waals surface area contributed by atoms with Crippen molar-refractivity contribution in [3.05, 3.63) is 29.8 Å². The summed E-state index contributed by atoms with van der Waals surface area (Å²) in [5.41, 5.74) is 0.906. The Bertz CT molecular complexity index is 1050. The van der Waals surface area contributed by atoms with Crippen LogP contribution < -0.4 is 5.32 Å². The van der Waals surface area contributed by atoms with Gasteiger partial charge in [0, 0.05) is 24.1 Å². The highest BCUT2D eigenvalue weighted by atomic mass is 32.2. The lowest BCUT2D eigenvalue weighted by Crippen LogP contribution is -2.42. The first kappa shape index (κ1) is 22.6. The van der Waals surface area contributed by atoms with E-state index < -0.39 is 33.9 Å². The summed E-state index contributed by atoms with van der Waals surface area (Å²) in [6.45, 7) is 2.83. The van der Waals surface area contributed by atoms with Gasteiger partial charge < -0.3 is 10.1 Å². The van der Waals surface area contributed by atoms with Crippen molar-refractivity contribution in [2.24, 2.45) is 5.10 Å². The van der Waals surface area contributed by atoms with Gasteiger partial charge >= 0.3 is 5.97 Å². The summed E-state index contributed by atoms with van der Waals surface area (Å²) >= 11 is 0. The molecule has 2 aliphatic heterocycles. The average molecular weight is 449 g/mol. The molecule has 0 bridgehead atoms. The van der Waals surface area contributed by atoms with Crippen LogP contribution in [-0.4, -0.2) is 66.4 Å². The van der Waals surface area contributed by atoms with Crippen LogP contribution in [0.1, 0.15) is 43.5 Å². The number of ketones is 1. The van der Waals surface area contributed by atoms with Crippen molar-refractivity contribution in [2.45, 2.75) is 45.3 Å². The first-order chi connectivity index (χ1) is 14.6. The lowest BCUT2D eigenvalue weighted by molar-refractivity contribution is -0.147. The quantitative estimate of drug-likeness (QED) is 0.503. The second kappa shape index (κ2) is 8.96. The molecule has 1 N–H and O–H groups in total. The fourth-order valence-corrected chi connectivity index (χ4v) is 4.98. The summed E-state index contributed by atoms with van der Waals surface area (Å²) in [5, 5.41) is 7.68. The molecule has 0 radical (unpaired) electrons. The van der Waals surface area contributed by atoms with E-state index in [1.165, 1.54) is 13.8 Å². The topological polar surface area (TPSA) is 139 Å². The fourth-order valence-electron chi connectivity index (χ4n) is 3.29. The minimum Gasteiger partial charge on any atom is -0.448 e. The van der Waals surface area contributed by atoms with Gasteiger partial charge in [-0.05, 0) is 44.5 Å². The second-order valence-electron chi connectivity index (χ2n) is 7.51. The van der Waals surface area contributed by atoms with E-state index in [1.807, 2.05) is 0 Å². The third-order valence-electron chi connectivity index (χ3n) is 5.06. The van der Waals surface area contributed by atoms with Crippen molar-refractivity contribution < 1.29 is 32.3 Å². The van der Waals surface area contributed by atoms with E-state index in [1.54, 1.807) is 24.3 Å². The number of sulfone groups is 1. The number of Topliss-reactive ketones (excluding diaryl/α,β-unsaturated/α-hetero) is 1. The molecule has 2 amide bonds. The molecule has 0 spiro atoms. The van der Waals surface area contributed by atoms with Gasteiger partial charge in [0.1, 0.15) is 5.71 Å². The number of ether oxygens (including phenoxy) is 1. The minimum absolute atomic E-state index is 0.00750. The van der Waals surface area contributed by atoms with Gasteiger partial charge in [-0.3, -0.25) is 14.4 Å². The van der Waals surface area contributed by atoms with Crippen LogP contribution in [0.4, 0.5) is 5.69 Å². The van der Waals surface area contributed by atoms with Crippen molar-refractivity contribution in [1.82, 2.24) is 5.01 Å². The van der Waals surface area contributed by atoms with Crippen molar-refractivity contribution in [3.8, 4) is 0 Å². The standard InChI is InChI=1S/C20H23N3O7S/c1-12(24)14-3-5-15(6-4-14)21-19(26)13(2)30-20(27)17-7-8-18(25)23(22-17)16-9-10-31(28,29)11-16/h3-6,13,16H,7-11H2,1-2H3,(H,21,26). The molecule has 1 aromatic rings. The zero-order valence-electron chi connectivity index (χ0n) is 17.2. The number of esters is 1. The Balaban J connectivity index is 1.61. The molecule has 2 unspecified atom stereocenters. The third kappa shape index (κ3) is 5.54. The molecule has 166 valence electrons. The number of carbonyl (C=O) groups excluding carboxylic acids is 4. The molecule has 1 fully saturated rings. The van der Waals surface area contributed by atoms with Crippen LogP contribution in [0.25, 0.3) is 0 Å². The molecule has 31 heavy (non-hydrogen) atoms. The van der Waals surface area contributed by atoms with E-state index in [2.05, 4.69) is 10.4 Å². The average Bonchev–Trinajstić information content (AvgIpc) is 3.08. The summed E-state index contributed by atoms with van der Waals surface area (Å²) in [4.78, 5) is 48.2. The number of amides is 2. The van der Waals surface area contributed by atoms with E-state index in [4.69, 9.17) is 4.74 Å². The Morgan fingerprint density at radius 2 is 1.87 bits per heavy atom. The normalized spacial score (nSPS) is 21.2. The predicted octanol–water partition coefficient (Wildman–Crippen LogP) is 0.925. The van der Waals surface area contributed by atoms with Crippen LogP contribution in [0.2, 0.25) is 0 Å². The summed E-state index contributed by atoms with van der Waals surface area (Å²) < 4.78 is 28.6. The maximum absolute atomic E-state index is 12.5. The van der Waals surface area contributed by atoms with Crippen molar-refractivity contribution in [3.63, 3.8) is 0 Å². The number of hydrogen-bond acceptors (Lipinski definition) is 8. The fraction of sp³-hybridized carbons (Fsp3) is 0.450. The molecule has 1 aromatic carbocycles. The number of benzene rings is 1. The SMILES string of the molecule is CC(=O)c1ccc(NC(=O)C(C)OC(=O)C2=NN(C3CCS(=O)(=O)C3)C(=O)CC2)cc1. The molecule has 11 heteroatoms. The van der Waals surface area contributed by atoms with Gasteiger partial charge in [0.25, 0.3) is 5.91 Å². The van der Waals surface area contributed by atoms with Crippen molar-refractivity contribution >= 4 is 44.8 Å². The number of carbonyl (C=O) groups is 4. The van der Waals surface area contributed by atoms with Crippen molar-refractivity contribution in [1.29, 1.82) is 0 Å². The molecule has 1 saturated heterocycles. The Hall–Kier alpha value is -3.08. The van der Waals surface area contributed by atoms with E-state index in [0.717, 1.165) is 5.01 Å². The van der Waals surface area contributed by atoms with Crippen LogP contribution >= 0.6 is 0 Å². The Morgan fingerprint density at radius 1 is 1.19 bits per heavy atom. The van der Waals surface area contributed by atoms with Gasteiger partial charge in [0.15, 0.2) is 21.7 Å². The first-order valence-corrected chi connectivity index (χ1v) is 11.6. The molecule has 3 rings (SSSR count). The Labute approximate surface area is 179 Å².